The lowest BCUT2D eigenvalue weighted by atomic mass is 10.2. The van der Waals surface area contributed by atoms with Crippen molar-refractivity contribution >= 4 is 27.6 Å². The quantitative estimate of drug-likeness (QED) is 0.901. The van der Waals surface area contributed by atoms with Gasteiger partial charge in [-0.15, -0.1) is 0 Å². The molecule has 0 saturated heterocycles. The summed E-state index contributed by atoms with van der Waals surface area (Å²) < 4.78 is 39.3. The molecule has 0 radical (unpaired) electrons. The van der Waals surface area contributed by atoms with Crippen molar-refractivity contribution in [3.8, 4) is 0 Å². The van der Waals surface area contributed by atoms with E-state index in [0.29, 0.717) is 0 Å². The summed E-state index contributed by atoms with van der Waals surface area (Å²) in [6, 6.07) is 2.10. The molecule has 0 aliphatic heterocycles. The van der Waals surface area contributed by atoms with E-state index in [-0.39, 0.29) is 21.4 Å². The number of anilines is 1. The van der Waals surface area contributed by atoms with Crippen molar-refractivity contribution in [3.63, 3.8) is 0 Å². The smallest absolute Gasteiger partial charge is 0.248 e. The van der Waals surface area contributed by atoms with Gasteiger partial charge in [-0.1, -0.05) is 11.6 Å². The van der Waals surface area contributed by atoms with Crippen LogP contribution >= 0.6 is 11.6 Å². The van der Waals surface area contributed by atoms with Crippen molar-refractivity contribution in [3.05, 3.63) is 34.9 Å². The van der Waals surface area contributed by atoms with Crippen molar-refractivity contribution in [1.82, 2.24) is 15.2 Å². The summed E-state index contributed by atoms with van der Waals surface area (Å²) in [5.74, 6) is -0.619. The lowest BCUT2D eigenvalue weighted by Crippen LogP contribution is -2.15. The van der Waals surface area contributed by atoms with Gasteiger partial charge in [-0.05, 0) is 24.6 Å². The van der Waals surface area contributed by atoms with Gasteiger partial charge in [0.1, 0.15) is 17.0 Å². The molecule has 18 heavy (non-hydrogen) atoms. The Labute approximate surface area is 107 Å². The maximum atomic E-state index is 13.2. The van der Waals surface area contributed by atoms with Crippen LogP contribution < -0.4 is 4.72 Å². The molecule has 9 heteroatoms. The molecule has 1 aromatic heterocycles. The van der Waals surface area contributed by atoms with E-state index in [1.807, 2.05) is 0 Å². The van der Waals surface area contributed by atoms with Gasteiger partial charge >= 0.3 is 0 Å². The molecule has 1 aromatic carbocycles. The molecule has 2 rings (SSSR count). The summed E-state index contributed by atoms with van der Waals surface area (Å²) in [5, 5.41) is 5.63. The number of sulfonamides is 1. The van der Waals surface area contributed by atoms with Crippen molar-refractivity contribution in [2.75, 3.05) is 4.72 Å². The number of benzene rings is 1. The Bertz CT molecular complexity index is 672. The van der Waals surface area contributed by atoms with Crippen LogP contribution in [0.5, 0.6) is 0 Å². The fourth-order valence-corrected chi connectivity index (χ4v) is 2.84. The Morgan fingerprint density at radius 3 is 2.78 bits per heavy atom. The fourth-order valence-electron chi connectivity index (χ4n) is 1.27. The third kappa shape index (κ3) is 2.44. The van der Waals surface area contributed by atoms with Crippen molar-refractivity contribution in [2.45, 2.75) is 11.8 Å². The lowest BCUT2D eigenvalue weighted by Gasteiger charge is -2.08. The number of H-pyrrole nitrogens is 1. The molecule has 0 saturated carbocycles. The third-order valence-corrected chi connectivity index (χ3v) is 3.95. The minimum absolute atomic E-state index is 0.0481. The highest BCUT2D eigenvalue weighted by Crippen LogP contribution is 2.25. The van der Waals surface area contributed by atoms with Gasteiger partial charge in [0.25, 0.3) is 10.0 Å². The maximum absolute atomic E-state index is 13.2. The van der Waals surface area contributed by atoms with E-state index in [9.17, 15) is 12.8 Å². The van der Waals surface area contributed by atoms with Gasteiger partial charge in [-0.3, -0.25) is 0 Å². The number of hydrogen-bond acceptors (Lipinski definition) is 4. The van der Waals surface area contributed by atoms with Gasteiger partial charge in [-0.2, -0.15) is 10.1 Å². The van der Waals surface area contributed by atoms with Crippen LogP contribution in [0.4, 0.5) is 10.3 Å². The summed E-state index contributed by atoms with van der Waals surface area (Å²) in [4.78, 5) is 3.40. The molecule has 1 heterocycles. The summed E-state index contributed by atoms with van der Waals surface area (Å²) in [6.07, 6.45) is 1.15. The van der Waals surface area contributed by atoms with Crippen LogP contribution in [0.3, 0.4) is 0 Å². The summed E-state index contributed by atoms with van der Waals surface area (Å²) >= 11 is 5.72. The summed E-state index contributed by atoms with van der Waals surface area (Å²) in [7, 11) is -3.94. The van der Waals surface area contributed by atoms with E-state index in [1.54, 1.807) is 0 Å². The molecule has 0 aliphatic rings. The third-order valence-electron chi connectivity index (χ3n) is 2.15. The molecule has 0 amide bonds. The molecular weight excluding hydrogens is 283 g/mol. The van der Waals surface area contributed by atoms with Gasteiger partial charge in [0.2, 0.25) is 5.95 Å². The zero-order chi connectivity index (χ0) is 13.3. The van der Waals surface area contributed by atoms with E-state index in [1.165, 1.54) is 6.92 Å². The maximum Gasteiger partial charge on any atom is 0.265 e. The summed E-state index contributed by atoms with van der Waals surface area (Å²) in [6.45, 7) is 1.44. The first-order valence-corrected chi connectivity index (χ1v) is 6.60. The Balaban J connectivity index is 2.44. The fraction of sp³-hybridized carbons (Fsp3) is 0.111. The van der Waals surface area contributed by atoms with Crippen LogP contribution in [-0.4, -0.2) is 23.6 Å². The molecule has 0 spiro atoms. The van der Waals surface area contributed by atoms with Gasteiger partial charge < -0.3 is 0 Å². The van der Waals surface area contributed by atoms with Crippen LogP contribution in [0.15, 0.2) is 23.4 Å². The van der Waals surface area contributed by atoms with Crippen molar-refractivity contribution < 1.29 is 12.8 Å². The second-order valence-corrected chi connectivity index (χ2v) is 5.53. The van der Waals surface area contributed by atoms with Crippen LogP contribution in [0.2, 0.25) is 5.02 Å². The molecule has 96 valence electrons. The Hall–Kier alpha value is -1.67. The van der Waals surface area contributed by atoms with Crippen molar-refractivity contribution in [1.29, 1.82) is 0 Å². The van der Waals surface area contributed by atoms with Crippen LogP contribution in [0.1, 0.15) is 5.56 Å². The number of nitrogens with zero attached hydrogens (tertiary/aromatic N) is 2. The van der Waals surface area contributed by atoms with Gasteiger partial charge in [0, 0.05) is 0 Å². The lowest BCUT2D eigenvalue weighted by molar-refractivity contribution is 0.598. The number of rotatable bonds is 3. The Morgan fingerprint density at radius 2 is 2.17 bits per heavy atom. The molecule has 0 unspecified atom stereocenters. The van der Waals surface area contributed by atoms with Crippen LogP contribution in [0, 0.1) is 12.7 Å². The SMILES string of the molecule is Cc1cc(S(=O)(=O)Nc2ncn[nH]2)c(Cl)cc1F. The normalized spacial score (nSPS) is 11.5. The first-order valence-electron chi connectivity index (χ1n) is 4.74. The topological polar surface area (TPSA) is 87.7 Å². The summed E-state index contributed by atoms with van der Waals surface area (Å²) in [5.41, 5.74) is 0.178. The van der Waals surface area contributed by atoms with E-state index in [4.69, 9.17) is 11.6 Å². The highest BCUT2D eigenvalue weighted by Gasteiger charge is 2.20. The minimum atomic E-state index is -3.94. The molecule has 0 bridgehead atoms. The van der Waals surface area contributed by atoms with Crippen LogP contribution in [0.25, 0.3) is 0 Å². The van der Waals surface area contributed by atoms with E-state index < -0.39 is 15.8 Å². The molecule has 2 N–H and O–H groups in total. The monoisotopic (exact) mass is 290 g/mol. The van der Waals surface area contributed by atoms with Crippen LogP contribution in [-0.2, 0) is 10.0 Å². The average molecular weight is 291 g/mol. The highest BCUT2D eigenvalue weighted by molar-refractivity contribution is 7.92. The number of nitrogens with one attached hydrogen (secondary N) is 2. The predicted molar refractivity (Wildman–Crippen MR) is 63.3 cm³/mol. The van der Waals surface area contributed by atoms with Gasteiger partial charge in [0.05, 0.1) is 5.02 Å². The van der Waals surface area contributed by atoms with E-state index >= 15 is 0 Å². The number of aromatic nitrogens is 3. The molecule has 0 fully saturated rings. The largest absolute Gasteiger partial charge is 0.265 e. The molecule has 0 aliphatic carbocycles. The number of aromatic amines is 1. The second kappa shape index (κ2) is 4.54. The van der Waals surface area contributed by atoms with Gasteiger partial charge in [-0.25, -0.2) is 22.6 Å². The molecule has 2 aromatic rings. The molecular formula is C9H8ClFN4O2S. The predicted octanol–water partition coefficient (Wildman–Crippen LogP) is 1.71. The van der Waals surface area contributed by atoms with E-state index in [0.717, 1.165) is 18.5 Å². The highest BCUT2D eigenvalue weighted by atomic mass is 35.5. The van der Waals surface area contributed by atoms with Crippen molar-refractivity contribution in [2.24, 2.45) is 0 Å². The molecule has 0 atom stereocenters. The zero-order valence-corrected chi connectivity index (χ0v) is 10.7. The minimum Gasteiger partial charge on any atom is -0.248 e. The Morgan fingerprint density at radius 1 is 1.44 bits per heavy atom. The standard InChI is InChI=1S/C9H8ClFN4O2S/c1-5-2-8(6(10)3-7(5)11)18(16,17)15-9-12-4-13-14-9/h2-4H,1H3,(H2,12,13,14,15). The van der Waals surface area contributed by atoms with E-state index in [2.05, 4.69) is 19.9 Å². The number of halogens is 2. The molecule has 6 nitrogen and oxygen atoms in total. The second-order valence-electron chi connectivity index (χ2n) is 3.47. The first kappa shape index (κ1) is 12.8. The first-order chi connectivity index (χ1) is 8.40. The zero-order valence-electron chi connectivity index (χ0n) is 9.11. The van der Waals surface area contributed by atoms with Gasteiger partial charge in [0.15, 0.2) is 0 Å². The average Bonchev–Trinajstić information content (AvgIpc) is 2.75. The Kier molecular flexibility index (Phi) is 3.22. The number of hydrogen-bond donors (Lipinski definition) is 2. The number of aryl methyl sites for hydroxylation is 1.